The topological polar surface area (TPSA) is 75.3 Å². The van der Waals surface area contributed by atoms with Gasteiger partial charge in [0, 0.05) is 16.8 Å². The minimum absolute atomic E-state index is 0.0374. The fourth-order valence-electron chi connectivity index (χ4n) is 3.55. The molecule has 0 bridgehead atoms. The Kier molecular flexibility index (Phi) is 6.29. The van der Waals surface area contributed by atoms with Gasteiger partial charge in [0.25, 0.3) is 0 Å². The molecule has 3 rings (SSSR count). The maximum Gasteiger partial charge on any atom is 0.235 e. The van der Waals surface area contributed by atoms with Gasteiger partial charge in [-0.15, -0.1) is 11.3 Å². The van der Waals surface area contributed by atoms with Crippen LogP contribution in [0.3, 0.4) is 0 Å². The molecule has 1 aliphatic rings. The van der Waals surface area contributed by atoms with Crippen LogP contribution in [-0.4, -0.2) is 27.4 Å². The molecule has 8 heteroatoms. The average Bonchev–Trinajstić information content (AvgIpc) is 3.30. The van der Waals surface area contributed by atoms with Crippen molar-refractivity contribution >= 4 is 27.3 Å². The Hall–Kier alpha value is -1.77. The number of hydrogen-bond acceptors (Lipinski definition) is 4. The highest BCUT2D eigenvalue weighted by Gasteiger charge is 2.36. The van der Waals surface area contributed by atoms with Gasteiger partial charge in [0.1, 0.15) is 5.82 Å². The lowest BCUT2D eigenvalue weighted by Gasteiger charge is -2.28. The Labute approximate surface area is 163 Å². The van der Waals surface area contributed by atoms with E-state index in [1.165, 1.54) is 29.1 Å². The number of thiophene rings is 1. The van der Waals surface area contributed by atoms with Crippen LogP contribution in [0.2, 0.25) is 0 Å². The van der Waals surface area contributed by atoms with Crippen LogP contribution in [0, 0.1) is 5.82 Å². The lowest BCUT2D eigenvalue weighted by atomic mass is 9.84. The minimum atomic E-state index is -3.72. The van der Waals surface area contributed by atoms with Gasteiger partial charge < -0.3 is 5.32 Å². The van der Waals surface area contributed by atoms with Crippen LogP contribution in [0.1, 0.15) is 36.1 Å². The Morgan fingerprint density at radius 2 is 1.96 bits per heavy atom. The van der Waals surface area contributed by atoms with E-state index in [-0.39, 0.29) is 23.6 Å². The lowest BCUT2D eigenvalue weighted by molar-refractivity contribution is -0.120. The smallest absolute Gasteiger partial charge is 0.235 e. The molecule has 0 aliphatic heterocycles. The molecule has 2 N–H and O–H groups in total. The van der Waals surface area contributed by atoms with Crippen LogP contribution >= 0.6 is 11.3 Å². The van der Waals surface area contributed by atoms with E-state index in [1.807, 2.05) is 11.4 Å². The summed E-state index contributed by atoms with van der Waals surface area (Å²) in [6, 6.07) is 9.53. The van der Waals surface area contributed by atoms with Crippen molar-refractivity contribution in [2.75, 3.05) is 13.1 Å². The summed E-state index contributed by atoms with van der Waals surface area (Å²) < 4.78 is 39.7. The zero-order chi connectivity index (χ0) is 19.3. The molecule has 0 radical (unpaired) electrons. The number of nitrogens with one attached hydrogen (secondary N) is 2. The van der Waals surface area contributed by atoms with Crippen molar-refractivity contribution in [1.82, 2.24) is 10.0 Å². The number of benzene rings is 1. The SMILES string of the molecule is O=C(CNS(=O)(=O)Cc1cccc(F)c1)NCC1(c2cccs2)CCCC1. The summed E-state index contributed by atoms with van der Waals surface area (Å²) in [5.74, 6) is -1.21. The fraction of sp³-hybridized carbons (Fsp3) is 0.421. The number of carbonyl (C=O) groups is 1. The Morgan fingerprint density at radius 3 is 2.63 bits per heavy atom. The van der Waals surface area contributed by atoms with Crippen LogP contribution in [0.15, 0.2) is 41.8 Å². The van der Waals surface area contributed by atoms with Crippen molar-refractivity contribution in [2.45, 2.75) is 36.9 Å². The first kappa shape index (κ1) is 20.0. The van der Waals surface area contributed by atoms with Crippen LogP contribution < -0.4 is 10.0 Å². The molecule has 0 spiro atoms. The van der Waals surface area contributed by atoms with E-state index in [4.69, 9.17) is 0 Å². The predicted octanol–water partition coefficient (Wildman–Crippen LogP) is 2.93. The fourth-order valence-corrected chi connectivity index (χ4v) is 5.60. The second-order valence-electron chi connectivity index (χ2n) is 6.95. The molecule has 1 saturated carbocycles. The number of carbonyl (C=O) groups excluding carboxylic acids is 1. The van der Waals surface area contributed by atoms with Gasteiger partial charge in [-0.2, -0.15) is 0 Å². The van der Waals surface area contributed by atoms with E-state index in [1.54, 1.807) is 11.3 Å². The van der Waals surface area contributed by atoms with Crippen molar-refractivity contribution < 1.29 is 17.6 Å². The van der Waals surface area contributed by atoms with E-state index in [0.717, 1.165) is 25.7 Å². The minimum Gasteiger partial charge on any atom is -0.354 e. The van der Waals surface area contributed by atoms with Gasteiger partial charge in [0.15, 0.2) is 0 Å². The quantitative estimate of drug-likeness (QED) is 0.703. The van der Waals surface area contributed by atoms with Gasteiger partial charge in [0.05, 0.1) is 12.3 Å². The third-order valence-corrected chi connectivity index (χ3v) is 7.34. The van der Waals surface area contributed by atoms with E-state index in [2.05, 4.69) is 16.1 Å². The summed E-state index contributed by atoms with van der Waals surface area (Å²) in [6.07, 6.45) is 4.32. The molecule has 27 heavy (non-hydrogen) atoms. The zero-order valence-corrected chi connectivity index (χ0v) is 16.5. The maximum atomic E-state index is 13.2. The number of amides is 1. The van der Waals surface area contributed by atoms with Crippen molar-refractivity contribution in [3.8, 4) is 0 Å². The highest BCUT2D eigenvalue weighted by Crippen LogP contribution is 2.42. The molecule has 2 aromatic rings. The lowest BCUT2D eigenvalue weighted by Crippen LogP contribution is -2.43. The van der Waals surface area contributed by atoms with Gasteiger partial charge in [0.2, 0.25) is 15.9 Å². The maximum absolute atomic E-state index is 13.2. The molecule has 1 aromatic heterocycles. The van der Waals surface area contributed by atoms with E-state index < -0.39 is 15.8 Å². The molecule has 146 valence electrons. The molecule has 0 saturated heterocycles. The van der Waals surface area contributed by atoms with Gasteiger partial charge >= 0.3 is 0 Å². The van der Waals surface area contributed by atoms with Gasteiger partial charge in [-0.1, -0.05) is 31.0 Å². The molecule has 1 aliphatic carbocycles. The molecule has 0 unspecified atom stereocenters. The number of rotatable bonds is 8. The van der Waals surface area contributed by atoms with E-state index in [0.29, 0.717) is 12.1 Å². The molecular formula is C19H23FN2O3S2. The van der Waals surface area contributed by atoms with Crippen LogP contribution in [0.4, 0.5) is 4.39 Å². The molecule has 0 atom stereocenters. The summed E-state index contributed by atoms with van der Waals surface area (Å²) >= 11 is 1.70. The molecule has 1 amide bonds. The summed E-state index contributed by atoms with van der Waals surface area (Å²) in [4.78, 5) is 13.4. The monoisotopic (exact) mass is 410 g/mol. The highest BCUT2D eigenvalue weighted by molar-refractivity contribution is 7.88. The summed E-state index contributed by atoms with van der Waals surface area (Å²) in [7, 11) is -3.72. The zero-order valence-electron chi connectivity index (χ0n) is 14.9. The Morgan fingerprint density at radius 1 is 1.19 bits per heavy atom. The number of sulfonamides is 1. The summed E-state index contributed by atoms with van der Waals surface area (Å²) in [6.45, 7) is 0.191. The molecule has 1 aromatic carbocycles. The summed E-state index contributed by atoms with van der Waals surface area (Å²) in [5, 5.41) is 4.92. The van der Waals surface area contributed by atoms with E-state index >= 15 is 0 Å². The van der Waals surface area contributed by atoms with Crippen molar-refractivity contribution in [3.63, 3.8) is 0 Å². The van der Waals surface area contributed by atoms with Crippen LogP contribution in [-0.2, 0) is 26.0 Å². The van der Waals surface area contributed by atoms with Crippen LogP contribution in [0.25, 0.3) is 0 Å². The van der Waals surface area contributed by atoms with Crippen LogP contribution in [0.5, 0.6) is 0 Å². The van der Waals surface area contributed by atoms with Crippen molar-refractivity contribution in [3.05, 3.63) is 58.0 Å². The standard InChI is InChI=1S/C19H23FN2O3S2/c20-16-6-3-5-15(11-16)13-27(24,25)22-12-18(23)21-14-19(8-1-2-9-19)17-7-4-10-26-17/h3-7,10-11,22H,1-2,8-9,12-14H2,(H,21,23). The molecule has 1 heterocycles. The second kappa shape index (κ2) is 8.50. The molecule has 1 fully saturated rings. The third-order valence-electron chi connectivity index (χ3n) is 4.93. The Bertz CT molecular complexity index is 876. The van der Waals surface area contributed by atoms with Gasteiger partial charge in [-0.3, -0.25) is 4.79 Å². The first-order chi connectivity index (χ1) is 12.9. The Balaban J connectivity index is 1.52. The first-order valence-corrected chi connectivity index (χ1v) is 11.4. The average molecular weight is 411 g/mol. The summed E-state index contributed by atoms with van der Waals surface area (Å²) in [5.41, 5.74) is 0.301. The van der Waals surface area contributed by atoms with Gasteiger partial charge in [-0.05, 0) is 42.0 Å². The first-order valence-electron chi connectivity index (χ1n) is 8.91. The number of hydrogen-bond donors (Lipinski definition) is 2. The largest absolute Gasteiger partial charge is 0.354 e. The van der Waals surface area contributed by atoms with Crippen molar-refractivity contribution in [2.24, 2.45) is 0 Å². The number of halogens is 1. The molecule has 5 nitrogen and oxygen atoms in total. The van der Waals surface area contributed by atoms with Crippen molar-refractivity contribution in [1.29, 1.82) is 0 Å². The third kappa shape index (κ3) is 5.37. The predicted molar refractivity (Wildman–Crippen MR) is 105 cm³/mol. The second-order valence-corrected chi connectivity index (χ2v) is 9.71. The molecular weight excluding hydrogens is 387 g/mol. The normalized spacial score (nSPS) is 16.3. The van der Waals surface area contributed by atoms with Gasteiger partial charge in [-0.25, -0.2) is 17.5 Å². The van der Waals surface area contributed by atoms with E-state index in [9.17, 15) is 17.6 Å². The highest BCUT2D eigenvalue weighted by atomic mass is 32.2.